The minimum absolute atomic E-state index is 0.257. The lowest BCUT2D eigenvalue weighted by atomic mass is 9.94. The second-order valence-corrected chi connectivity index (χ2v) is 2.75. The highest BCUT2D eigenvalue weighted by molar-refractivity contribution is 5.22. The van der Waals surface area contributed by atoms with Crippen molar-refractivity contribution < 1.29 is 9.31 Å². The largest absolute Gasteiger partial charge is 0.264 e. The van der Waals surface area contributed by atoms with Gasteiger partial charge >= 0.3 is 0 Å². The molecule has 0 saturated heterocycles. The van der Waals surface area contributed by atoms with Crippen molar-refractivity contribution in [3.05, 3.63) is 34.2 Å². The monoisotopic (exact) mass is 157 g/mol. The summed E-state index contributed by atoms with van der Waals surface area (Å²) in [4.78, 5) is 9.91. The van der Waals surface area contributed by atoms with Crippen molar-refractivity contribution in [2.75, 3.05) is 0 Å². The first-order valence-corrected chi connectivity index (χ1v) is 3.24. The van der Waals surface area contributed by atoms with Gasteiger partial charge in [0.1, 0.15) is 5.83 Å². The SMILES string of the molecule is CC1([N+](=O)[O-])C=C(F)C=CC1. The first-order chi connectivity index (χ1) is 5.04. The van der Waals surface area contributed by atoms with Crippen molar-refractivity contribution in [2.45, 2.75) is 18.9 Å². The highest BCUT2D eigenvalue weighted by atomic mass is 19.1. The van der Waals surface area contributed by atoms with Crippen LogP contribution in [0.5, 0.6) is 0 Å². The Morgan fingerprint density at radius 2 is 2.45 bits per heavy atom. The van der Waals surface area contributed by atoms with Crippen LogP contribution in [0.1, 0.15) is 13.3 Å². The van der Waals surface area contributed by atoms with Crippen LogP contribution in [-0.2, 0) is 0 Å². The van der Waals surface area contributed by atoms with Gasteiger partial charge < -0.3 is 0 Å². The molecular formula is C7H8FNO2. The van der Waals surface area contributed by atoms with Gasteiger partial charge in [-0.2, -0.15) is 0 Å². The summed E-state index contributed by atoms with van der Waals surface area (Å²) >= 11 is 0. The molecule has 60 valence electrons. The second kappa shape index (κ2) is 2.45. The van der Waals surface area contributed by atoms with E-state index in [-0.39, 0.29) is 6.42 Å². The average Bonchev–Trinajstić information content (AvgIpc) is 1.86. The Morgan fingerprint density at radius 1 is 1.82 bits per heavy atom. The summed E-state index contributed by atoms with van der Waals surface area (Å²) in [7, 11) is 0. The maximum Gasteiger partial charge on any atom is 0.244 e. The van der Waals surface area contributed by atoms with E-state index >= 15 is 0 Å². The molecule has 0 N–H and O–H groups in total. The number of hydrogen-bond donors (Lipinski definition) is 0. The van der Waals surface area contributed by atoms with Gasteiger partial charge in [-0.05, 0) is 6.08 Å². The van der Waals surface area contributed by atoms with Gasteiger partial charge in [0.25, 0.3) is 0 Å². The molecule has 11 heavy (non-hydrogen) atoms. The van der Waals surface area contributed by atoms with Gasteiger partial charge in [-0.1, -0.05) is 6.08 Å². The third-order valence-electron chi connectivity index (χ3n) is 1.67. The minimum Gasteiger partial charge on any atom is -0.264 e. The summed E-state index contributed by atoms with van der Waals surface area (Å²) < 4.78 is 12.5. The lowest BCUT2D eigenvalue weighted by molar-refractivity contribution is -0.549. The fraction of sp³-hybridized carbons (Fsp3) is 0.429. The molecule has 0 heterocycles. The Hall–Kier alpha value is -1.19. The number of rotatable bonds is 1. The molecule has 1 rings (SSSR count). The lowest BCUT2D eigenvalue weighted by Gasteiger charge is -2.16. The van der Waals surface area contributed by atoms with Crippen molar-refractivity contribution in [3.63, 3.8) is 0 Å². The standard InChI is InChI=1S/C7H8FNO2/c1-7(9(10)11)4-2-3-6(8)5-7/h2-3,5H,4H2,1H3. The Bertz CT molecular complexity index is 247. The molecule has 0 aromatic heterocycles. The van der Waals surface area contributed by atoms with Gasteiger partial charge in [-0.3, -0.25) is 10.1 Å². The van der Waals surface area contributed by atoms with Gasteiger partial charge in [0.2, 0.25) is 5.54 Å². The normalized spacial score (nSPS) is 29.8. The smallest absolute Gasteiger partial charge is 0.244 e. The molecule has 1 aliphatic carbocycles. The van der Waals surface area contributed by atoms with Gasteiger partial charge in [0.15, 0.2) is 0 Å². The Labute approximate surface area is 63.4 Å². The minimum atomic E-state index is -1.25. The zero-order chi connectivity index (χ0) is 8.48. The van der Waals surface area contributed by atoms with Crippen LogP contribution in [0, 0.1) is 10.1 Å². The number of nitro groups is 1. The first kappa shape index (κ1) is 7.91. The lowest BCUT2D eigenvalue weighted by Crippen LogP contribution is -2.33. The quantitative estimate of drug-likeness (QED) is 0.430. The summed E-state index contributed by atoms with van der Waals surface area (Å²) in [5, 5.41) is 10.4. The van der Waals surface area contributed by atoms with E-state index in [1.165, 1.54) is 19.1 Å². The molecule has 0 amide bonds. The number of nitrogens with zero attached hydrogens (tertiary/aromatic N) is 1. The molecule has 0 bridgehead atoms. The van der Waals surface area contributed by atoms with Crippen LogP contribution in [-0.4, -0.2) is 10.5 Å². The predicted octanol–water partition coefficient (Wildman–Crippen LogP) is 1.84. The van der Waals surface area contributed by atoms with E-state index in [0.717, 1.165) is 6.08 Å². The molecule has 0 spiro atoms. The molecule has 0 fully saturated rings. The molecule has 1 atom stereocenters. The zero-order valence-electron chi connectivity index (χ0n) is 6.08. The highest BCUT2D eigenvalue weighted by Crippen LogP contribution is 2.24. The van der Waals surface area contributed by atoms with Crippen LogP contribution < -0.4 is 0 Å². The molecule has 1 aliphatic rings. The Kier molecular flexibility index (Phi) is 1.76. The number of hydrogen-bond acceptors (Lipinski definition) is 2. The molecule has 1 unspecified atom stereocenters. The van der Waals surface area contributed by atoms with E-state index in [4.69, 9.17) is 0 Å². The van der Waals surface area contributed by atoms with Crippen molar-refractivity contribution in [2.24, 2.45) is 0 Å². The summed E-state index contributed by atoms with van der Waals surface area (Å²) in [6.45, 7) is 1.40. The summed E-state index contributed by atoms with van der Waals surface area (Å²) in [6, 6.07) is 0. The van der Waals surface area contributed by atoms with Crippen LogP contribution in [0.4, 0.5) is 4.39 Å². The second-order valence-electron chi connectivity index (χ2n) is 2.75. The highest BCUT2D eigenvalue weighted by Gasteiger charge is 2.35. The van der Waals surface area contributed by atoms with Crippen molar-refractivity contribution in [1.82, 2.24) is 0 Å². The average molecular weight is 157 g/mol. The Morgan fingerprint density at radius 3 is 2.82 bits per heavy atom. The van der Waals surface area contributed by atoms with Crippen molar-refractivity contribution >= 4 is 0 Å². The maximum atomic E-state index is 12.5. The molecule has 0 aliphatic heterocycles. The third-order valence-corrected chi connectivity index (χ3v) is 1.67. The van der Waals surface area contributed by atoms with Gasteiger partial charge in [0.05, 0.1) is 0 Å². The van der Waals surface area contributed by atoms with E-state index in [2.05, 4.69) is 0 Å². The fourth-order valence-electron chi connectivity index (χ4n) is 0.941. The van der Waals surface area contributed by atoms with E-state index in [1.54, 1.807) is 0 Å². The van der Waals surface area contributed by atoms with E-state index in [9.17, 15) is 14.5 Å². The molecule has 0 aromatic carbocycles. The molecule has 3 nitrogen and oxygen atoms in total. The van der Waals surface area contributed by atoms with Crippen LogP contribution >= 0.6 is 0 Å². The van der Waals surface area contributed by atoms with Crippen molar-refractivity contribution in [3.8, 4) is 0 Å². The molecule has 4 heteroatoms. The van der Waals surface area contributed by atoms with E-state index in [0.29, 0.717) is 0 Å². The molecular weight excluding hydrogens is 149 g/mol. The van der Waals surface area contributed by atoms with Crippen LogP contribution in [0.15, 0.2) is 24.1 Å². The molecule has 0 aromatic rings. The zero-order valence-corrected chi connectivity index (χ0v) is 6.08. The maximum absolute atomic E-state index is 12.5. The summed E-state index contributed by atoms with van der Waals surface area (Å²) in [6.07, 6.45) is 4.00. The predicted molar refractivity (Wildman–Crippen MR) is 38.3 cm³/mol. The van der Waals surface area contributed by atoms with Crippen LogP contribution in [0.3, 0.4) is 0 Å². The number of allylic oxidation sites excluding steroid dienone is 2. The van der Waals surface area contributed by atoms with Gasteiger partial charge in [-0.25, -0.2) is 4.39 Å². The summed E-state index contributed by atoms with van der Waals surface area (Å²) in [5.41, 5.74) is -1.25. The topological polar surface area (TPSA) is 43.1 Å². The summed E-state index contributed by atoms with van der Waals surface area (Å²) in [5.74, 6) is -0.532. The first-order valence-electron chi connectivity index (χ1n) is 3.24. The Balaban J connectivity index is 2.92. The van der Waals surface area contributed by atoms with Crippen LogP contribution in [0.2, 0.25) is 0 Å². The molecule has 0 radical (unpaired) electrons. The molecule has 0 saturated carbocycles. The fourth-order valence-corrected chi connectivity index (χ4v) is 0.941. The van der Waals surface area contributed by atoms with Gasteiger partial charge in [-0.15, -0.1) is 0 Å². The van der Waals surface area contributed by atoms with Crippen molar-refractivity contribution in [1.29, 1.82) is 0 Å². The van der Waals surface area contributed by atoms with Gasteiger partial charge in [0, 0.05) is 24.3 Å². The van der Waals surface area contributed by atoms with E-state index in [1.807, 2.05) is 0 Å². The van der Waals surface area contributed by atoms with E-state index < -0.39 is 16.3 Å². The number of halogens is 1. The third kappa shape index (κ3) is 1.45. The van der Waals surface area contributed by atoms with Crippen LogP contribution in [0.25, 0.3) is 0 Å².